The number of hydrogen-bond acceptors (Lipinski definition) is 5. The fourth-order valence-electron chi connectivity index (χ4n) is 1.57. The maximum Gasteiger partial charge on any atom is 0.200 e. The number of nitrogens with one attached hydrogen (secondary N) is 1. The summed E-state index contributed by atoms with van der Waals surface area (Å²) >= 11 is 0. The Morgan fingerprint density at radius 2 is 2.57 bits per heavy atom. The van der Waals surface area contributed by atoms with Gasteiger partial charge in [0.15, 0.2) is 5.82 Å². The SMILES string of the molecule is Cn1nnc(COCC2CCCN2)n1. The molecule has 2 heterocycles. The summed E-state index contributed by atoms with van der Waals surface area (Å²) in [5, 5.41) is 14.9. The molecular weight excluding hydrogens is 182 g/mol. The lowest BCUT2D eigenvalue weighted by Gasteiger charge is -2.08. The first-order valence-electron chi connectivity index (χ1n) is 4.88. The van der Waals surface area contributed by atoms with E-state index in [-0.39, 0.29) is 0 Å². The van der Waals surface area contributed by atoms with E-state index in [1.54, 1.807) is 7.05 Å². The number of ether oxygens (including phenoxy) is 1. The smallest absolute Gasteiger partial charge is 0.200 e. The molecule has 14 heavy (non-hydrogen) atoms. The first-order valence-corrected chi connectivity index (χ1v) is 4.88. The van der Waals surface area contributed by atoms with E-state index in [2.05, 4.69) is 20.7 Å². The van der Waals surface area contributed by atoms with E-state index in [0.717, 1.165) is 13.2 Å². The summed E-state index contributed by atoms with van der Waals surface area (Å²) in [6, 6.07) is 0.506. The lowest BCUT2D eigenvalue weighted by molar-refractivity contribution is 0.0982. The highest BCUT2D eigenvalue weighted by atomic mass is 16.5. The number of aryl methyl sites for hydroxylation is 1. The highest BCUT2D eigenvalue weighted by Crippen LogP contribution is 2.05. The molecule has 1 aromatic rings. The molecule has 1 fully saturated rings. The van der Waals surface area contributed by atoms with E-state index in [4.69, 9.17) is 4.74 Å². The zero-order chi connectivity index (χ0) is 9.80. The van der Waals surface area contributed by atoms with Gasteiger partial charge in [0.25, 0.3) is 0 Å². The van der Waals surface area contributed by atoms with E-state index in [0.29, 0.717) is 18.5 Å². The van der Waals surface area contributed by atoms with Gasteiger partial charge in [-0.3, -0.25) is 0 Å². The standard InChI is InChI=1S/C8H15N5O/c1-13-11-8(10-12-13)6-14-5-7-3-2-4-9-7/h7,9H,2-6H2,1H3. The third kappa shape index (κ3) is 2.49. The average molecular weight is 197 g/mol. The number of nitrogens with zero attached hydrogens (tertiary/aromatic N) is 4. The average Bonchev–Trinajstić information content (AvgIpc) is 2.77. The number of rotatable bonds is 4. The predicted molar refractivity (Wildman–Crippen MR) is 49.5 cm³/mol. The summed E-state index contributed by atoms with van der Waals surface area (Å²) < 4.78 is 5.48. The molecule has 0 amide bonds. The molecule has 0 bridgehead atoms. The van der Waals surface area contributed by atoms with Gasteiger partial charge in [-0.15, -0.1) is 10.2 Å². The molecule has 2 rings (SSSR count). The van der Waals surface area contributed by atoms with E-state index in [1.807, 2.05) is 0 Å². The minimum absolute atomic E-state index is 0.450. The Kier molecular flexibility index (Phi) is 3.05. The molecule has 1 saturated heterocycles. The van der Waals surface area contributed by atoms with Crippen LogP contribution in [-0.2, 0) is 18.4 Å². The molecular formula is C8H15N5O. The molecule has 1 aliphatic heterocycles. The Morgan fingerprint density at radius 1 is 1.64 bits per heavy atom. The Hall–Kier alpha value is -1.01. The minimum atomic E-state index is 0.450. The van der Waals surface area contributed by atoms with Crippen LogP contribution < -0.4 is 5.32 Å². The minimum Gasteiger partial charge on any atom is -0.372 e. The molecule has 0 radical (unpaired) electrons. The summed E-state index contributed by atoms with van der Waals surface area (Å²) in [6.07, 6.45) is 2.45. The molecule has 6 nitrogen and oxygen atoms in total. The molecule has 1 N–H and O–H groups in total. The van der Waals surface area contributed by atoms with Gasteiger partial charge in [-0.1, -0.05) is 0 Å². The van der Waals surface area contributed by atoms with Crippen molar-refractivity contribution in [3.8, 4) is 0 Å². The molecule has 1 unspecified atom stereocenters. The number of hydrogen-bond donors (Lipinski definition) is 1. The van der Waals surface area contributed by atoms with Crippen LogP contribution in [0.3, 0.4) is 0 Å². The van der Waals surface area contributed by atoms with Gasteiger partial charge < -0.3 is 10.1 Å². The van der Waals surface area contributed by atoms with Crippen LogP contribution in [0.15, 0.2) is 0 Å². The third-order valence-corrected chi connectivity index (χ3v) is 2.26. The summed E-state index contributed by atoms with van der Waals surface area (Å²) in [5.74, 6) is 0.644. The molecule has 0 saturated carbocycles. The van der Waals surface area contributed by atoms with Crippen LogP contribution in [0.25, 0.3) is 0 Å². The molecule has 1 aliphatic rings. The van der Waals surface area contributed by atoms with Crippen LogP contribution in [0.2, 0.25) is 0 Å². The van der Waals surface area contributed by atoms with Crippen molar-refractivity contribution >= 4 is 0 Å². The monoisotopic (exact) mass is 197 g/mol. The second kappa shape index (κ2) is 4.47. The molecule has 78 valence electrons. The lowest BCUT2D eigenvalue weighted by Crippen LogP contribution is -2.26. The van der Waals surface area contributed by atoms with Crippen molar-refractivity contribution < 1.29 is 4.74 Å². The largest absolute Gasteiger partial charge is 0.372 e. The predicted octanol–water partition coefficient (Wildman–Crippen LogP) is -0.521. The van der Waals surface area contributed by atoms with Gasteiger partial charge >= 0.3 is 0 Å². The number of aromatic nitrogens is 4. The lowest BCUT2D eigenvalue weighted by atomic mass is 10.2. The summed E-state index contributed by atoms with van der Waals surface area (Å²) in [6.45, 7) is 2.29. The maximum atomic E-state index is 5.48. The fourth-order valence-corrected chi connectivity index (χ4v) is 1.57. The summed E-state index contributed by atoms with van der Waals surface area (Å²) in [4.78, 5) is 1.44. The van der Waals surface area contributed by atoms with Crippen molar-refractivity contribution in [1.29, 1.82) is 0 Å². The van der Waals surface area contributed by atoms with Crippen molar-refractivity contribution in [2.75, 3.05) is 13.2 Å². The third-order valence-electron chi connectivity index (χ3n) is 2.26. The molecule has 1 atom stereocenters. The first-order chi connectivity index (χ1) is 6.84. The molecule has 0 aromatic carbocycles. The highest BCUT2D eigenvalue weighted by molar-refractivity contribution is 4.75. The Bertz CT molecular complexity index is 281. The van der Waals surface area contributed by atoms with Crippen molar-refractivity contribution in [3.63, 3.8) is 0 Å². The van der Waals surface area contributed by atoms with Gasteiger partial charge in [0, 0.05) is 6.04 Å². The van der Waals surface area contributed by atoms with Crippen molar-refractivity contribution in [2.45, 2.75) is 25.5 Å². The summed E-state index contributed by atoms with van der Waals surface area (Å²) in [5.41, 5.74) is 0. The maximum absolute atomic E-state index is 5.48. The van der Waals surface area contributed by atoms with Gasteiger partial charge in [0.05, 0.1) is 13.7 Å². The zero-order valence-electron chi connectivity index (χ0n) is 8.31. The molecule has 1 aromatic heterocycles. The molecule has 0 spiro atoms. The normalized spacial score (nSPS) is 21.6. The zero-order valence-corrected chi connectivity index (χ0v) is 8.31. The van der Waals surface area contributed by atoms with Gasteiger partial charge in [-0.2, -0.15) is 4.80 Å². The Labute approximate surface area is 82.6 Å². The van der Waals surface area contributed by atoms with Crippen LogP contribution in [-0.4, -0.2) is 39.4 Å². The second-order valence-corrected chi connectivity index (χ2v) is 3.50. The van der Waals surface area contributed by atoms with Crippen molar-refractivity contribution in [2.24, 2.45) is 7.05 Å². The summed E-state index contributed by atoms with van der Waals surface area (Å²) in [7, 11) is 1.75. The Balaban J connectivity index is 1.67. The van der Waals surface area contributed by atoms with Crippen LogP contribution in [0.4, 0.5) is 0 Å². The van der Waals surface area contributed by atoms with Gasteiger partial charge in [-0.25, -0.2) is 0 Å². The van der Waals surface area contributed by atoms with E-state index in [1.165, 1.54) is 17.6 Å². The van der Waals surface area contributed by atoms with E-state index in [9.17, 15) is 0 Å². The second-order valence-electron chi connectivity index (χ2n) is 3.50. The number of tetrazole rings is 1. The fraction of sp³-hybridized carbons (Fsp3) is 0.875. The van der Waals surface area contributed by atoms with Crippen LogP contribution >= 0.6 is 0 Å². The van der Waals surface area contributed by atoms with Gasteiger partial charge in [0.2, 0.25) is 0 Å². The molecule has 0 aliphatic carbocycles. The van der Waals surface area contributed by atoms with Crippen LogP contribution in [0.1, 0.15) is 18.7 Å². The van der Waals surface area contributed by atoms with Gasteiger partial charge in [0.1, 0.15) is 6.61 Å². The van der Waals surface area contributed by atoms with Crippen molar-refractivity contribution in [3.05, 3.63) is 5.82 Å². The first kappa shape index (κ1) is 9.54. The highest BCUT2D eigenvalue weighted by Gasteiger charge is 2.13. The Morgan fingerprint density at radius 3 is 3.21 bits per heavy atom. The van der Waals surface area contributed by atoms with E-state index < -0.39 is 0 Å². The van der Waals surface area contributed by atoms with Crippen LogP contribution in [0.5, 0.6) is 0 Å². The van der Waals surface area contributed by atoms with Crippen LogP contribution in [0, 0.1) is 0 Å². The molecule has 6 heteroatoms. The quantitative estimate of drug-likeness (QED) is 0.703. The van der Waals surface area contributed by atoms with Gasteiger partial charge in [-0.05, 0) is 24.6 Å². The van der Waals surface area contributed by atoms with Crippen molar-refractivity contribution in [1.82, 2.24) is 25.5 Å². The van der Waals surface area contributed by atoms with E-state index >= 15 is 0 Å². The topological polar surface area (TPSA) is 64.9 Å².